The molecule has 2 aromatic carbocycles. The molecule has 1 aliphatic heterocycles. The Kier molecular flexibility index (Phi) is 3.83. The van der Waals surface area contributed by atoms with Gasteiger partial charge in [-0.2, -0.15) is 0 Å². The van der Waals surface area contributed by atoms with Gasteiger partial charge in [-0.25, -0.2) is 0 Å². The first-order valence-electron chi connectivity index (χ1n) is 6.46. The van der Waals surface area contributed by atoms with Crippen LogP contribution in [0.1, 0.15) is 5.56 Å². The molecule has 1 aliphatic rings. The van der Waals surface area contributed by atoms with Crippen LogP contribution in [-0.2, 0) is 4.79 Å². The van der Waals surface area contributed by atoms with Crippen molar-refractivity contribution in [1.29, 1.82) is 0 Å². The van der Waals surface area contributed by atoms with Crippen molar-refractivity contribution < 1.29 is 9.90 Å². The van der Waals surface area contributed by atoms with Gasteiger partial charge in [0.2, 0.25) is 0 Å². The Balaban J connectivity index is 1.95. The Bertz CT molecular complexity index is 804. The molecule has 1 fully saturated rings. The lowest BCUT2D eigenvalue weighted by Crippen LogP contribution is -2.30. The Morgan fingerprint density at radius 3 is 2.68 bits per heavy atom. The topological polar surface area (TPSA) is 52.6 Å². The highest BCUT2D eigenvalue weighted by molar-refractivity contribution is 7.80. The maximum absolute atomic E-state index is 12.5. The summed E-state index contributed by atoms with van der Waals surface area (Å²) in [6.07, 6.45) is 1.64. The third kappa shape index (κ3) is 2.81. The standard InChI is InChI=1S/C16H11ClN2O2S/c17-11-4-2-5-12(9-11)19-15(21)14(18-16(19)22)8-10-3-1-6-13(20)7-10/h1-9,20H,(H,18,22)/b14-8-. The Morgan fingerprint density at radius 1 is 1.18 bits per heavy atom. The van der Waals surface area contributed by atoms with Gasteiger partial charge in [0.1, 0.15) is 11.4 Å². The normalized spacial score (nSPS) is 16.2. The maximum Gasteiger partial charge on any atom is 0.281 e. The van der Waals surface area contributed by atoms with Crippen molar-refractivity contribution in [2.75, 3.05) is 4.90 Å². The number of nitrogens with zero attached hydrogens (tertiary/aromatic N) is 1. The minimum Gasteiger partial charge on any atom is -0.508 e. The van der Waals surface area contributed by atoms with E-state index in [1.807, 2.05) is 0 Å². The van der Waals surface area contributed by atoms with Gasteiger partial charge in [-0.3, -0.25) is 9.69 Å². The van der Waals surface area contributed by atoms with Gasteiger partial charge in [0.05, 0.1) is 5.69 Å². The molecule has 1 saturated heterocycles. The first kappa shape index (κ1) is 14.6. The minimum atomic E-state index is -0.268. The molecular weight excluding hydrogens is 320 g/mol. The van der Waals surface area contributed by atoms with Crippen LogP contribution in [0.25, 0.3) is 6.08 Å². The summed E-state index contributed by atoms with van der Waals surface area (Å²) >= 11 is 11.2. The molecule has 1 amide bonds. The van der Waals surface area contributed by atoms with E-state index in [4.69, 9.17) is 23.8 Å². The fourth-order valence-corrected chi connectivity index (χ4v) is 2.65. The van der Waals surface area contributed by atoms with E-state index in [2.05, 4.69) is 5.32 Å². The lowest BCUT2D eigenvalue weighted by Gasteiger charge is -2.13. The van der Waals surface area contributed by atoms with E-state index >= 15 is 0 Å². The van der Waals surface area contributed by atoms with Gasteiger partial charge in [-0.05, 0) is 54.2 Å². The van der Waals surface area contributed by atoms with Crippen LogP contribution in [0.3, 0.4) is 0 Å². The van der Waals surface area contributed by atoms with Crippen LogP contribution in [0.4, 0.5) is 5.69 Å². The highest BCUT2D eigenvalue weighted by atomic mass is 35.5. The number of benzene rings is 2. The van der Waals surface area contributed by atoms with Crippen molar-refractivity contribution >= 4 is 46.6 Å². The molecule has 0 bridgehead atoms. The summed E-state index contributed by atoms with van der Waals surface area (Å²) in [5, 5.41) is 13.2. The summed E-state index contributed by atoms with van der Waals surface area (Å²) in [7, 11) is 0. The summed E-state index contributed by atoms with van der Waals surface area (Å²) in [6, 6.07) is 13.5. The van der Waals surface area contributed by atoms with Crippen LogP contribution < -0.4 is 10.2 Å². The fraction of sp³-hybridized carbons (Fsp3) is 0. The molecule has 2 N–H and O–H groups in total. The molecule has 3 rings (SSSR count). The molecule has 0 aliphatic carbocycles. The van der Waals surface area contributed by atoms with E-state index in [0.29, 0.717) is 27.1 Å². The zero-order chi connectivity index (χ0) is 15.7. The minimum absolute atomic E-state index is 0.133. The molecular formula is C16H11ClN2O2S. The molecule has 0 unspecified atom stereocenters. The SMILES string of the molecule is O=C1/C(=C/c2cccc(O)c2)NC(=S)N1c1cccc(Cl)c1. The van der Waals surface area contributed by atoms with Crippen molar-refractivity contribution in [3.8, 4) is 5.75 Å². The van der Waals surface area contributed by atoms with Gasteiger partial charge in [0.15, 0.2) is 5.11 Å². The number of carbonyl (C=O) groups is 1. The number of hydrogen-bond donors (Lipinski definition) is 2. The van der Waals surface area contributed by atoms with Crippen LogP contribution in [-0.4, -0.2) is 16.1 Å². The number of anilines is 1. The van der Waals surface area contributed by atoms with E-state index in [1.165, 1.54) is 4.90 Å². The molecule has 110 valence electrons. The quantitative estimate of drug-likeness (QED) is 0.655. The average molecular weight is 331 g/mol. The highest BCUT2D eigenvalue weighted by Gasteiger charge is 2.31. The largest absolute Gasteiger partial charge is 0.508 e. The van der Waals surface area contributed by atoms with Gasteiger partial charge in [0, 0.05) is 5.02 Å². The third-order valence-corrected chi connectivity index (χ3v) is 3.65. The molecule has 0 spiro atoms. The average Bonchev–Trinajstić information content (AvgIpc) is 2.73. The first-order chi connectivity index (χ1) is 10.5. The Morgan fingerprint density at radius 2 is 1.95 bits per heavy atom. The van der Waals surface area contributed by atoms with E-state index < -0.39 is 0 Å². The monoisotopic (exact) mass is 330 g/mol. The molecule has 0 aromatic heterocycles. The van der Waals surface area contributed by atoms with E-state index in [1.54, 1.807) is 54.6 Å². The second kappa shape index (κ2) is 5.79. The number of nitrogens with one attached hydrogen (secondary N) is 1. The summed E-state index contributed by atoms with van der Waals surface area (Å²) in [5.74, 6) is -0.135. The summed E-state index contributed by atoms with van der Waals surface area (Å²) in [6.45, 7) is 0. The number of halogens is 1. The maximum atomic E-state index is 12.5. The van der Waals surface area contributed by atoms with E-state index in [-0.39, 0.29) is 11.7 Å². The fourth-order valence-electron chi connectivity index (χ4n) is 2.17. The zero-order valence-corrected chi connectivity index (χ0v) is 12.9. The zero-order valence-electron chi connectivity index (χ0n) is 11.3. The van der Waals surface area contributed by atoms with Crippen LogP contribution in [0.5, 0.6) is 5.75 Å². The van der Waals surface area contributed by atoms with Crippen LogP contribution >= 0.6 is 23.8 Å². The molecule has 2 aromatic rings. The van der Waals surface area contributed by atoms with Crippen molar-refractivity contribution in [2.24, 2.45) is 0 Å². The van der Waals surface area contributed by atoms with Gasteiger partial charge < -0.3 is 10.4 Å². The predicted octanol–water partition coefficient (Wildman–Crippen LogP) is 3.31. The smallest absolute Gasteiger partial charge is 0.281 e. The van der Waals surface area contributed by atoms with E-state index in [9.17, 15) is 9.90 Å². The molecule has 0 saturated carbocycles. The lowest BCUT2D eigenvalue weighted by molar-refractivity contribution is -0.113. The Labute approximate surface area is 137 Å². The first-order valence-corrected chi connectivity index (χ1v) is 7.25. The number of aromatic hydroxyl groups is 1. The second-order valence-electron chi connectivity index (χ2n) is 4.70. The number of hydrogen-bond acceptors (Lipinski definition) is 3. The van der Waals surface area contributed by atoms with Crippen LogP contribution in [0, 0.1) is 0 Å². The van der Waals surface area contributed by atoms with Gasteiger partial charge in [-0.1, -0.05) is 29.8 Å². The summed E-state index contributed by atoms with van der Waals surface area (Å²) in [4.78, 5) is 13.9. The number of phenols is 1. The van der Waals surface area contributed by atoms with Crippen LogP contribution in [0.15, 0.2) is 54.2 Å². The van der Waals surface area contributed by atoms with E-state index in [0.717, 1.165) is 0 Å². The van der Waals surface area contributed by atoms with Crippen molar-refractivity contribution in [3.63, 3.8) is 0 Å². The summed E-state index contributed by atoms with van der Waals surface area (Å²) in [5.41, 5.74) is 1.65. The van der Waals surface area contributed by atoms with Gasteiger partial charge in [0.25, 0.3) is 5.91 Å². The highest BCUT2D eigenvalue weighted by Crippen LogP contribution is 2.25. The van der Waals surface area contributed by atoms with Crippen molar-refractivity contribution in [2.45, 2.75) is 0 Å². The number of rotatable bonds is 2. The molecule has 6 heteroatoms. The summed E-state index contributed by atoms with van der Waals surface area (Å²) < 4.78 is 0. The molecule has 0 atom stereocenters. The number of thiocarbonyl (C=S) groups is 1. The van der Waals surface area contributed by atoms with Crippen molar-refractivity contribution in [3.05, 3.63) is 64.8 Å². The lowest BCUT2D eigenvalue weighted by atomic mass is 10.2. The predicted molar refractivity (Wildman–Crippen MR) is 90.8 cm³/mol. The van der Waals surface area contributed by atoms with Gasteiger partial charge in [-0.15, -0.1) is 0 Å². The molecule has 0 radical (unpaired) electrons. The molecule has 22 heavy (non-hydrogen) atoms. The molecule has 4 nitrogen and oxygen atoms in total. The number of carbonyl (C=O) groups excluding carboxylic acids is 1. The third-order valence-electron chi connectivity index (χ3n) is 3.13. The molecule has 1 heterocycles. The van der Waals surface area contributed by atoms with Gasteiger partial charge >= 0.3 is 0 Å². The number of phenolic OH excluding ortho intramolecular Hbond substituents is 1. The Hall–Kier alpha value is -2.37. The van der Waals surface area contributed by atoms with Crippen LogP contribution in [0.2, 0.25) is 5.02 Å². The second-order valence-corrected chi connectivity index (χ2v) is 5.53. The van der Waals surface area contributed by atoms with Crippen molar-refractivity contribution in [1.82, 2.24) is 5.32 Å². The number of amides is 1.